The van der Waals surface area contributed by atoms with Crippen molar-refractivity contribution in [2.45, 2.75) is 33.2 Å². The monoisotopic (exact) mass is 330 g/mol. The molecule has 1 atom stereocenters. The van der Waals surface area contributed by atoms with E-state index in [9.17, 15) is 19.5 Å². The fourth-order valence-corrected chi connectivity index (χ4v) is 2.05. The topological polar surface area (TPSA) is 95.5 Å². The second kappa shape index (κ2) is 8.67. The molecule has 6 heteroatoms. The summed E-state index contributed by atoms with van der Waals surface area (Å²) in [7, 11) is 0. The Balaban J connectivity index is 2.95. The van der Waals surface area contributed by atoms with Crippen LogP contribution in [0.15, 0.2) is 42.0 Å². The average molecular weight is 330 g/mol. The van der Waals surface area contributed by atoms with Crippen LogP contribution >= 0.6 is 0 Å². The van der Waals surface area contributed by atoms with Gasteiger partial charge in [-0.05, 0) is 31.9 Å². The zero-order valence-corrected chi connectivity index (χ0v) is 14.1. The van der Waals surface area contributed by atoms with Crippen molar-refractivity contribution in [3.63, 3.8) is 0 Å². The molecule has 1 unspecified atom stereocenters. The first kappa shape index (κ1) is 19.2. The molecule has 2 amide bonds. The van der Waals surface area contributed by atoms with Crippen molar-refractivity contribution >= 4 is 29.5 Å². The van der Waals surface area contributed by atoms with Crippen LogP contribution in [0.1, 0.15) is 32.8 Å². The van der Waals surface area contributed by atoms with Crippen molar-refractivity contribution in [1.82, 2.24) is 5.32 Å². The predicted octanol–water partition coefficient (Wildman–Crippen LogP) is 2.58. The lowest BCUT2D eigenvalue weighted by molar-refractivity contribution is -0.141. The minimum atomic E-state index is -1.12. The van der Waals surface area contributed by atoms with E-state index in [1.165, 1.54) is 13.8 Å². The summed E-state index contributed by atoms with van der Waals surface area (Å²) in [6.45, 7) is 8.20. The van der Waals surface area contributed by atoms with Gasteiger partial charge in [-0.3, -0.25) is 9.59 Å². The van der Waals surface area contributed by atoms with Crippen LogP contribution in [0, 0.1) is 0 Å². The summed E-state index contributed by atoms with van der Waals surface area (Å²) in [4.78, 5) is 34.2. The summed E-state index contributed by atoms with van der Waals surface area (Å²) in [5, 5.41) is 14.4. The maximum absolute atomic E-state index is 11.6. The Morgan fingerprint density at radius 2 is 1.83 bits per heavy atom. The number of para-hydroxylation sites is 1. The summed E-state index contributed by atoms with van der Waals surface area (Å²) in [5.74, 6) is -1.80. The number of amides is 2. The molecule has 0 bridgehead atoms. The number of hydrogen-bond acceptors (Lipinski definition) is 3. The largest absolute Gasteiger partial charge is 0.480 e. The van der Waals surface area contributed by atoms with Crippen molar-refractivity contribution in [2.24, 2.45) is 0 Å². The molecule has 128 valence electrons. The molecule has 0 radical (unpaired) electrons. The summed E-state index contributed by atoms with van der Waals surface area (Å²) in [6.07, 6.45) is 1.93. The average Bonchev–Trinajstić information content (AvgIpc) is 2.47. The van der Waals surface area contributed by atoms with Crippen LogP contribution < -0.4 is 10.6 Å². The smallest absolute Gasteiger partial charge is 0.326 e. The third kappa shape index (κ3) is 6.08. The lowest BCUT2D eigenvalue weighted by Gasteiger charge is -2.15. The highest BCUT2D eigenvalue weighted by molar-refractivity contribution is 5.95. The lowest BCUT2D eigenvalue weighted by atomic mass is 10.0. The van der Waals surface area contributed by atoms with Crippen molar-refractivity contribution in [3.8, 4) is 0 Å². The molecule has 0 heterocycles. The van der Waals surface area contributed by atoms with E-state index >= 15 is 0 Å². The van der Waals surface area contributed by atoms with E-state index < -0.39 is 17.9 Å². The molecule has 6 nitrogen and oxygen atoms in total. The maximum atomic E-state index is 11.6. The molecular weight excluding hydrogens is 308 g/mol. The van der Waals surface area contributed by atoms with Crippen molar-refractivity contribution in [3.05, 3.63) is 47.6 Å². The number of carbonyl (C=O) groups excluding carboxylic acids is 2. The van der Waals surface area contributed by atoms with E-state index in [4.69, 9.17) is 0 Å². The van der Waals surface area contributed by atoms with E-state index in [2.05, 4.69) is 17.2 Å². The maximum Gasteiger partial charge on any atom is 0.326 e. The van der Waals surface area contributed by atoms with E-state index in [0.29, 0.717) is 5.69 Å². The fraction of sp³-hybridized carbons (Fsp3) is 0.278. The van der Waals surface area contributed by atoms with Crippen LogP contribution in [-0.4, -0.2) is 28.9 Å². The van der Waals surface area contributed by atoms with Gasteiger partial charge in [0.05, 0.1) is 0 Å². The molecule has 1 aromatic rings. The predicted molar refractivity (Wildman–Crippen MR) is 93.4 cm³/mol. The first-order valence-electron chi connectivity index (χ1n) is 7.43. The molecule has 1 rings (SSSR count). The SMILES string of the molecule is C=C(C)C(=O)NC(C/C(C)=C/c1ccccc1NC(C)=O)C(=O)O. The number of nitrogens with one attached hydrogen (secondary N) is 2. The Kier molecular flexibility index (Phi) is 6.92. The van der Waals surface area contributed by atoms with E-state index in [-0.39, 0.29) is 17.9 Å². The number of carboxylic acids is 1. The summed E-state index contributed by atoms with van der Waals surface area (Å²) < 4.78 is 0. The number of rotatable bonds is 7. The highest BCUT2D eigenvalue weighted by Gasteiger charge is 2.20. The van der Waals surface area contributed by atoms with E-state index in [0.717, 1.165) is 11.1 Å². The standard InChI is InChI=1S/C18H22N2O4/c1-11(2)17(22)20-16(18(23)24)10-12(3)9-14-7-5-6-8-15(14)19-13(4)21/h5-9,16H,1,10H2,2-4H3,(H,19,21)(H,20,22)(H,23,24)/b12-9+. The summed E-state index contributed by atoms with van der Waals surface area (Å²) >= 11 is 0. The van der Waals surface area contributed by atoms with Gasteiger partial charge in [-0.1, -0.05) is 36.4 Å². The number of hydrogen-bond donors (Lipinski definition) is 3. The first-order chi connectivity index (χ1) is 11.2. The van der Waals surface area contributed by atoms with Crippen LogP contribution in [0.25, 0.3) is 6.08 Å². The molecule has 24 heavy (non-hydrogen) atoms. The highest BCUT2D eigenvalue weighted by atomic mass is 16.4. The zero-order valence-electron chi connectivity index (χ0n) is 14.1. The second-order valence-corrected chi connectivity index (χ2v) is 5.61. The summed E-state index contributed by atoms with van der Waals surface area (Å²) in [5.41, 5.74) is 2.41. The Labute approximate surface area is 141 Å². The van der Waals surface area contributed by atoms with Gasteiger partial charge in [0, 0.05) is 18.2 Å². The molecule has 0 aromatic heterocycles. The van der Waals surface area contributed by atoms with Crippen LogP contribution in [0.4, 0.5) is 5.69 Å². The normalized spacial score (nSPS) is 12.2. The lowest BCUT2D eigenvalue weighted by Crippen LogP contribution is -2.41. The van der Waals surface area contributed by atoms with Gasteiger partial charge in [0.2, 0.25) is 11.8 Å². The first-order valence-corrected chi connectivity index (χ1v) is 7.43. The third-order valence-corrected chi connectivity index (χ3v) is 3.19. The Bertz CT molecular complexity index is 692. The molecule has 3 N–H and O–H groups in total. The number of carboxylic acid groups (broad SMARTS) is 1. The van der Waals surface area contributed by atoms with Crippen molar-refractivity contribution < 1.29 is 19.5 Å². The molecule has 0 aliphatic heterocycles. The third-order valence-electron chi connectivity index (χ3n) is 3.19. The fourth-order valence-electron chi connectivity index (χ4n) is 2.05. The molecule has 0 saturated carbocycles. The Morgan fingerprint density at radius 3 is 2.38 bits per heavy atom. The number of benzene rings is 1. The quantitative estimate of drug-likeness (QED) is 0.670. The van der Waals surface area contributed by atoms with E-state index in [1.807, 2.05) is 12.1 Å². The van der Waals surface area contributed by atoms with Gasteiger partial charge in [-0.2, -0.15) is 0 Å². The van der Waals surface area contributed by atoms with Crippen LogP contribution in [0.5, 0.6) is 0 Å². The van der Waals surface area contributed by atoms with Gasteiger partial charge in [0.25, 0.3) is 0 Å². The van der Waals surface area contributed by atoms with Crippen LogP contribution in [-0.2, 0) is 14.4 Å². The minimum Gasteiger partial charge on any atom is -0.480 e. The highest BCUT2D eigenvalue weighted by Crippen LogP contribution is 2.20. The van der Waals surface area contributed by atoms with Gasteiger partial charge in [-0.25, -0.2) is 4.79 Å². The van der Waals surface area contributed by atoms with E-state index in [1.54, 1.807) is 25.1 Å². The number of anilines is 1. The van der Waals surface area contributed by atoms with Crippen molar-refractivity contribution in [1.29, 1.82) is 0 Å². The number of carbonyl (C=O) groups is 3. The number of aliphatic carboxylic acids is 1. The van der Waals surface area contributed by atoms with Gasteiger partial charge >= 0.3 is 5.97 Å². The van der Waals surface area contributed by atoms with Gasteiger partial charge in [0.1, 0.15) is 6.04 Å². The van der Waals surface area contributed by atoms with Gasteiger partial charge in [-0.15, -0.1) is 0 Å². The van der Waals surface area contributed by atoms with Crippen molar-refractivity contribution in [2.75, 3.05) is 5.32 Å². The van der Waals surface area contributed by atoms with Gasteiger partial charge < -0.3 is 15.7 Å². The second-order valence-electron chi connectivity index (χ2n) is 5.61. The molecule has 0 saturated heterocycles. The van der Waals surface area contributed by atoms with Crippen LogP contribution in [0.3, 0.4) is 0 Å². The van der Waals surface area contributed by atoms with Crippen LogP contribution in [0.2, 0.25) is 0 Å². The molecular formula is C18H22N2O4. The molecule has 0 fully saturated rings. The molecule has 1 aromatic carbocycles. The summed E-state index contributed by atoms with van der Waals surface area (Å²) in [6, 6.07) is 6.15. The molecule has 0 aliphatic carbocycles. The molecule has 0 aliphatic rings. The Hall–Kier alpha value is -2.89. The zero-order chi connectivity index (χ0) is 18.3. The molecule has 0 spiro atoms. The minimum absolute atomic E-state index is 0.142. The Morgan fingerprint density at radius 1 is 1.21 bits per heavy atom. The van der Waals surface area contributed by atoms with Gasteiger partial charge in [0.15, 0.2) is 0 Å².